The number of aliphatic hydroxyl groups is 1. The molecule has 1 aromatic rings. The van der Waals surface area contributed by atoms with Gasteiger partial charge in [-0.25, -0.2) is 9.78 Å². The van der Waals surface area contributed by atoms with E-state index in [1.165, 1.54) is 23.1 Å². The molecule has 154 valence electrons. The van der Waals surface area contributed by atoms with Crippen LogP contribution in [0, 0.1) is 11.8 Å². The molecule has 1 saturated carbocycles. The van der Waals surface area contributed by atoms with Gasteiger partial charge in [-0.3, -0.25) is 4.79 Å². The monoisotopic (exact) mass is 423 g/mol. The number of nitrogens with zero attached hydrogens (tertiary/aromatic N) is 1. The predicted octanol–water partition coefficient (Wildman–Crippen LogP) is 4.97. The first-order valence-electron chi connectivity index (χ1n) is 9.70. The van der Waals surface area contributed by atoms with Crippen LogP contribution in [0.4, 0.5) is 0 Å². The Kier molecular flexibility index (Phi) is 9.41. The summed E-state index contributed by atoms with van der Waals surface area (Å²) in [5, 5.41) is 20.5. The van der Waals surface area contributed by atoms with Crippen molar-refractivity contribution < 1.29 is 19.8 Å². The molecule has 7 heteroatoms. The quantitative estimate of drug-likeness (QED) is 0.364. The number of rotatable bonds is 12. The average Bonchev–Trinajstić information content (AvgIpc) is 3.23. The van der Waals surface area contributed by atoms with E-state index in [1.54, 1.807) is 5.38 Å². The third kappa shape index (κ3) is 7.53. The number of hydrogen-bond donors (Lipinski definition) is 2. The third-order valence-corrected chi connectivity index (χ3v) is 7.00. The summed E-state index contributed by atoms with van der Waals surface area (Å²) in [6, 6.07) is 0. The summed E-state index contributed by atoms with van der Waals surface area (Å²) in [5.41, 5.74) is 1.22. The molecule has 0 aromatic carbocycles. The van der Waals surface area contributed by atoms with Crippen molar-refractivity contribution in [3.8, 4) is 0 Å². The lowest BCUT2D eigenvalue weighted by molar-refractivity contribution is -0.121. The number of thiazole rings is 1. The summed E-state index contributed by atoms with van der Waals surface area (Å²) >= 11 is 2.84. The second-order valence-corrected chi connectivity index (χ2v) is 9.58. The van der Waals surface area contributed by atoms with Crippen molar-refractivity contribution in [2.24, 2.45) is 11.8 Å². The summed E-state index contributed by atoms with van der Waals surface area (Å²) in [6.45, 7) is 5.88. The molecular weight excluding hydrogens is 394 g/mol. The highest BCUT2D eigenvalue weighted by Gasteiger charge is 2.32. The average molecular weight is 424 g/mol. The minimum atomic E-state index is -1.01. The Morgan fingerprint density at radius 2 is 2.32 bits per heavy atom. The van der Waals surface area contributed by atoms with Crippen molar-refractivity contribution in [1.29, 1.82) is 0 Å². The van der Waals surface area contributed by atoms with E-state index in [0.29, 0.717) is 18.6 Å². The second-order valence-electron chi connectivity index (χ2n) is 7.38. The Hall–Kier alpha value is -1.44. The largest absolute Gasteiger partial charge is 0.476 e. The zero-order chi connectivity index (χ0) is 20.5. The number of thioether (sulfide) groups is 1. The molecule has 1 aliphatic rings. The smallest absolute Gasteiger partial charge is 0.355 e. The molecule has 1 heterocycles. The first kappa shape index (κ1) is 22.8. The zero-order valence-corrected chi connectivity index (χ0v) is 17.9. The van der Waals surface area contributed by atoms with Gasteiger partial charge in [0.1, 0.15) is 5.78 Å². The Morgan fingerprint density at radius 1 is 1.54 bits per heavy atom. The lowest BCUT2D eigenvalue weighted by atomic mass is 9.92. The van der Waals surface area contributed by atoms with Crippen LogP contribution in [0.15, 0.2) is 34.0 Å². The second kappa shape index (κ2) is 11.5. The Morgan fingerprint density at radius 3 is 3.00 bits per heavy atom. The molecule has 28 heavy (non-hydrogen) atoms. The molecule has 1 fully saturated rings. The number of carbonyl (C=O) groups excluding carboxylic acids is 1. The van der Waals surface area contributed by atoms with Gasteiger partial charge in [-0.05, 0) is 51.4 Å². The fraction of sp³-hybridized carbons (Fsp3) is 0.571. The molecule has 0 amide bonds. The lowest BCUT2D eigenvalue weighted by Gasteiger charge is -2.15. The van der Waals surface area contributed by atoms with Crippen LogP contribution in [0.3, 0.4) is 0 Å². The Balaban J connectivity index is 1.75. The molecule has 0 spiro atoms. The molecule has 5 nitrogen and oxygen atoms in total. The number of hydrogen-bond acceptors (Lipinski definition) is 6. The molecule has 1 aromatic heterocycles. The zero-order valence-electron chi connectivity index (χ0n) is 16.3. The van der Waals surface area contributed by atoms with E-state index in [9.17, 15) is 14.7 Å². The number of ketones is 1. The normalized spacial score (nSPS) is 20.7. The fourth-order valence-electron chi connectivity index (χ4n) is 3.40. The summed E-state index contributed by atoms with van der Waals surface area (Å²) < 4.78 is 0.729. The predicted molar refractivity (Wildman–Crippen MR) is 114 cm³/mol. The number of allylic oxidation sites excluding steroid dienone is 2. The number of aromatic nitrogens is 1. The van der Waals surface area contributed by atoms with E-state index in [2.05, 4.69) is 17.6 Å². The minimum Gasteiger partial charge on any atom is -0.476 e. The van der Waals surface area contributed by atoms with Gasteiger partial charge in [0.15, 0.2) is 10.0 Å². The van der Waals surface area contributed by atoms with Crippen molar-refractivity contribution in [3.05, 3.63) is 35.4 Å². The van der Waals surface area contributed by atoms with Gasteiger partial charge < -0.3 is 10.2 Å². The number of aromatic carboxylic acids is 1. The van der Waals surface area contributed by atoms with Crippen LogP contribution in [-0.2, 0) is 4.79 Å². The SMILES string of the molecule is C=C(C)CCC[C@H](O)CC=C[C@H]1CCC(=O)[C@@H]1CCSc1nc(C(=O)O)cs1. The van der Waals surface area contributed by atoms with Crippen molar-refractivity contribution in [2.75, 3.05) is 5.75 Å². The Labute approximate surface area is 175 Å². The minimum absolute atomic E-state index is 0.0169. The highest BCUT2D eigenvalue weighted by Crippen LogP contribution is 2.34. The molecule has 0 aliphatic heterocycles. The maximum Gasteiger partial charge on any atom is 0.355 e. The third-order valence-electron chi connectivity index (χ3n) is 4.94. The van der Waals surface area contributed by atoms with E-state index >= 15 is 0 Å². The van der Waals surface area contributed by atoms with Gasteiger partial charge >= 0.3 is 5.97 Å². The van der Waals surface area contributed by atoms with Crippen molar-refractivity contribution in [3.63, 3.8) is 0 Å². The first-order valence-corrected chi connectivity index (χ1v) is 11.6. The highest BCUT2D eigenvalue weighted by molar-refractivity contribution is 8.01. The molecule has 1 aliphatic carbocycles. The van der Waals surface area contributed by atoms with Crippen LogP contribution in [0.1, 0.15) is 62.4 Å². The van der Waals surface area contributed by atoms with Gasteiger partial charge in [-0.15, -0.1) is 17.9 Å². The van der Waals surface area contributed by atoms with Crippen LogP contribution >= 0.6 is 23.1 Å². The van der Waals surface area contributed by atoms with Crippen LogP contribution in [-0.4, -0.2) is 38.8 Å². The summed E-state index contributed by atoms with van der Waals surface area (Å²) in [4.78, 5) is 27.2. The summed E-state index contributed by atoms with van der Waals surface area (Å²) in [6.07, 6.45) is 9.34. The molecular formula is C21H29NO4S2. The topological polar surface area (TPSA) is 87.5 Å². The fourth-order valence-corrected chi connectivity index (χ4v) is 5.30. The van der Waals surface area contributed by atoms with E-state index in [-0.39, 0.29) is 23.6 Å². The van der Waals surface area contributed by atoms with Crippen molar-refractivity contribution >= 4 is 34.9 Å². The van der Waals surface area contributed by atoms with Crippen LogP contribution < -0.4 is 0 Å². The number of carboxylic acid groups (broad SMARTS) is 1. The number of carboxylic acids is 1. The standard InChI is InChI=1S/C21H29NO4S2/c1-14(2)5-3-7-16(23)8-4-6-15-9-10-19(24)17(15)11-12-27-21-22-18(13-28-21)20(25)26/h4,6,13,15-17,23H,1,3,5,7-12H2,2H3,(H,25,26)/t15-,16-,17+/m0/s1. The van der Waals surface area contributed by atoms with Gasteiger partial charge in [0.25, 0.3) is 0 Å². The molecule has 3 atom stereocenters. The lowest BCUT2D eigenvalue weighted by Crippen LogP contribution is -2.14. The van der Waals surface area contributed by atoms with Crippen molar-refractivity contribution in [2.45, 2.75) is 62.3 Å². The number of Topliss-reactive ketones (excluding diaryl/α,β-unsaturated/α-hetero) is 1. The van der Waals surface area contributed by atoms with Gasteiger partial charge in [-0.1, -0.05) is 29.5 Å². The van der Waals surface area contributed by atoms with E-state index in [1.807, 2.05) is 13.0 Å². The summed E-state index contributed by atoms with van der Waals surface area (Å²) in [7, 11) is 0. The number of aliphatic hydroxyl groups excluding tert-OH is 1. The van der Waals surface area contributed by atoms with Crippen LogP contribution in [0.5, 0.6) is 0 Å². The van der Waals surface area contributed by atoms with E-state index < -0.39 is 5.97 Å². The van der Waals surface area contributed by atoms with Gasteiger partial charge in [-0.2, -0.15) is 0 Å². The van der Waals surface area contributed by atoms with Crippen LogP contribution in [0.2, 0.25) is 0 Å². The Bertz CT molecular complexity index is 713. The summed E-state index contributed by atoms with van der Waals surface area (Å²) in [5.74, 6) is 0.296. The maximum absolute atomic E-state index is 12.2. The van der Waals surface area contributed by atoms with Crippen molar-refractivity contribution in [1.82, 2.24) is 4.98 Å². The van der Waals surface area contributed by atoms with Gasteiger partial charge in [0, 0.05) is 23.5 Å². The number of carbonyl (C=O) groups is 2. The highest BCUT2D eigenvalue weighted by atomic mass is 32.2. The first-order chi connectivity index (χ1) is 13.4. The van der Waals surface area contributed by atoms with E-state index in [4.69, 9.17) is 5.11 Å². The molecule has 2 N–H and O–H groups in total. The molecule has 0 saturated heterocycles. The molecule has 0 bridgehead atoms. The van der Waals surface area contributed by atoms with Gasteiger partial charge in [0.05, 0.1) is 6.10 Å². The molecule has 2 rings (SSSR count). The van der Waals surface area contributed by atoms with Crippen LogP contribution in [0.25, 0.3) is 0 Å². The molecule has 0 unspecified atom stereocenters. The maximum atomic E-state index is 12.2. The molecule has 0 radical (unpaired) electrons. The van der Waals surface area contributed by atoms with Gasteiger partial charge in [0.2, 0.25) is 0 Å². The van der Waals surface area contributed by atoms with E-state index in [0.717, 1.165) is 47.8 Å².